The number of carbonyl (C=O) groups is 1. The minimum atomic E-state index is -0.580. The van der Waals surface area contributed by atoms with Gasteiger partial charge in [-0.3, -0.25) is 24.0 Å². The van der Waals surface area contributed by atoms with Crippen molar-refractivity contribution in [3.63, 3.8) is 0 Å². The Morgan fingerprint density at radius 2 is 2.00 bits per heavy atom. The molecule has 1 aliphatic rings. The number of hydrogen-bond acceptors (Lipinski definition) is 4. The first-order valence-corrected chi connectivity index (χ1v) is 8.40. The number of rotatable bonds is 5. The molecule has 25 heavy (non-hydrogen) atoms. The van der Waals surface area contributed by atoms with Gasteiger partial charge in [0, 0.05) is 37.9 Å². The van der Waals surface area contributed by atoms with Crippen molar-refractivity contribution < 1.29 is 4.79 Å². The minimum Gasteiger partial charge on any atom is -0.353 e. The van der Waals surface area contributed by atoms with E-state index < -0.39 is 11.2 Å². The molecule has 1 amide bonds. The van der Waals surface area contributed by atoms with Crippen LogP contribution in [-0.4, -0.2) is 39.5 Å². The molecule has 2 aromatic rings. The quantitative estimate of drug-likeness (QED) is 0.807. The number of nitrogens with zero attached hydrogens (tertiary/aromatic N) is 2. The lowest BCUT2D eigenvalue weighted by Crippen LogP contribution is -2.45. The molecule has 1 aromatic carbocycles. The van der Waals surface area contributed by atoms with Gasteiger partial charge in [-0.2, -0.15) is 0 Å². The first-order valence-electron chi connectivity index (χ1n) is 8.40. The fraction of sp³-hybridized carbons (Fsp3) is 0.389. The van der Waals surface area contributed by atoms with Gasteiger partial charge in [-0.05, 0) is 24.5 Å². The second-order valence-corrected chi connectivity index (χ2v) is 6.38. The van der Waals surface area contributed by atoms with Gasteiger partial charge < -0.3 is 5.32 Å². The molecule has 0 aliphatic carbocycles. The predicted molar refractivity (Wildman–Crippen MR) is 94.4 cm³/mol. The Labute approximate surface area is 145 Å². The van der Waals surface area contributed by atoms with Crippen molar-refractivity contribution in [2.45, 2.75) is 32.5 Å². The van der Waals surface area contributed by atoms with Crippen LogP contribution in [0.5, 0.6) is 0 Å². The van der Waals surface area contributed by atoms with Crippen molar-refractivity contribution in [2.24, 2.45) is 0 Å². The molecular formula is C18H22N4O3. The highest BCUT2D eigenvalue weighted by Gasteiger charge is 2.20. The van der Waals surface area contributed by atoms with Crippen LogP contribution in [0, 0.1) is 0 Å². The number of aromatic amines is 1. The van der Waals surface area contributed by atoms with Crippen molar-refractivity contribution in [3.8, 4) is 0 Å². The van der Waals surface area contributed by atoms with Crippen molar-refractivity contribution in [1.82, 2.24) is 19.8 Å². The topological polar surface area (TPSA) is 87.2 Å². The number of nitrogens with one attached hydrogen (secondary N) is 2. The summed E-state index contributed by atoms with van der Waals surface area (Å²) in [6, 6.07) is 9.86. The number of H-pyrrole nitrogens is 1. The van der Waals surface area contributed by atoms with E-state index in [1.54, 1.807) is 0 Å². The Hall–Kier alpha value is -2.67. The molecule has 1 unspecified atom stereocenters. The molecule has 0 saturated heterocycles. The molecule has 1 aliphatic heterocycles. The minimum absolute atomic E-state index is 0.106. The number of carbonyl (C=O) groups excluding carboxylic acids is 1. The SMILES string of the molecule is CC(CNC(=O)Cn1ccc(=O)[nH]c1=O)N1CCc2ccccc2C1. The molecule has 132 valence electrons. The standard InChI is InChI=1S/C18H22N4O3/c1-13(21-8-6-14-4-2-3-5-15(14)11-21)10-19-17(24)12-22-9-7-16(23)20-18(22)25/h2-5,7,9,13H,6,8,10-12H2,1H3,(H,19,24)(H,20,23,25). The second kappa shape index (κ2) is 7.48. The molecule has 0 spiro atoms. The molecule has 3 rings (SSSR count). The highest BCUT2D eigenvalue weighted by molar-refractivity contribution is 5.75. The molecule has 2 N–H and O–H groups in total. The Kier molecular flexibility index (Phi) is 5.14. The summed E-state index contributed by atoms with van der Waals surface area (Å²) < 4.78 is 1.18. The van der Waals surface area contributed by atoms with Crippen LogP contribution in [0.1, 0.15) is 18.1 Å². The summed E-state index contributed by atoms with van der Waals surface area (Å²) >= 11 is 0. The fourth-order valence-corrected chi connectivity index (χ4v) is 3.06. The molecule has 7 heteroatoms. The summed E-state index contributed by atoms with van der Waals surface area (Å²) in [5, 5.41) is 2.86. The smallest absolute Gasteiger partial charge is 0.328 e. The zero-order chi connectivity index (χ0) is 17.8. The van der Waals surface area contributed by atoms with Gasteiger partial charge >= 0.3 is 5.69 Å². The molecule has 0 radical (unpaired) electrons. The van der Waals surface area contributed by atoms with Crippen molar-refractivity contribution >= 4 is 5.91 Å². The van der Waals surface area contributed by atoms with E-state index in [2.05, 4.69) is 46.4 Å². The molecular weight excluding hydrogens is 320 g/mol. The van der Waals surface area contributed by atoms with Gasteiger partial charge in [0.1, 0.15) is 6.54 Å². The van der Waals surface area contributed by atoms with Gasteiger partial charge in [0.15, 0.2) is 0 Å². The van der Waals surface area contributed by atoms with Gasteiger partial charge in [-0.15, -0.1) is 0 Å². The second-order valence-electron chi connectivity index (χ2n) is 6.38. The van der Waals surface area contributed by atoms with E-state index in [1.807, 2.05) is 0 Å². The Bertz CT molecular complexity index is 871. The molecule has 1 aromatic heterocycles. The molecule has 0 saturated carbocycles. The highest BCUT2D eigenvalue weighted by atomic mass is 16.2. The van der Waals surface area contributed by atoms with Crippen LogP contribution in [0.2, 0.25) is 0 Å². The largest absolute Gasteiger partial charge is 0.353 e. The van der Waals surface area contributed by atoms with Crippen molar-refractivity contribution in [1.29, 1.82) is 0 Å². The lowest BCUT2D eigenvalue weighted by Gasteiger charge is -2.33. The van der Waals surface area contributed by atoms with E-state index in [1.165, 1.54) is 28.0 Å². The maximum absolute atomic E-state index is 12.1. The zero-order valence-corrected chi connectivity index (χ0v) is 14.2. The third-order valence-corrected chi connectivity index (χ3v) is 4.59. The van der Waals surface area contributed by atoms with Crippen LogP contribution in [0.4, 0.5) is 0 Å². The summed E-state index contributed by atoms with van der Waals surface area (Å²) in [5.74, 6) is -0.251. The van der Waals surface area contributed by atoms with E-state index in [0.717, 1.165) is 19.5 Å². The number of fused-ring (bicyclic) bond motifs is 1. The monoisotopic (exact) mass is 342 g/mol. The summed E-state index contributed by atoms with van der Waals surface area (Å²) in [6.45, 7) is 4.34. The first kappa shape index (κ1) is 17.2. The summed E-state index contributed by atoms with van der Waals surface area (Å²) in [5.41, 5.74) is 1.68. The van der Waals surface area contributed by atoms with Gasteiger partial charge in [0.05, 0.1) is 0 Å². The molecule has 0 bridgehead atoms. The number of amides is 1. The number of aromatic nitrogens is 2. The third-order valence-electron chi connectivity index (χ3n) is 4.59. The Morgan fingerprint density at radius 1 is 1.24 bits per heavy atom. The summed E-state index contributed by atoms with van der Waals surface area (Å²) in [4.78, 5) is 39.2. The van der Waals surface area contributed by atoms with Crippen LogP contribution in [0.3, 0.4) is 0 Å². The summed E-state index contributed by atoms with van der Waals surface area (Å²) in [7, 11) is 0. The third kappa shape index (κ3) is 4.24. The highest BCUT2D eigenvalue weighted by Crippen LogP contribution is 2.19. The normalized spacial score (nSPS) is 15.4. The molecule has 7 nitrogen and oxygen atoms in total. The van der Waals surface area contributed by atoms with Crippen LogP contribution in [0.15, 0.2) is 46.1 Å². The number of benzene rings is 1. The van der Waals surface area contributed by atoms with Crippen LogP contribution in [-0.2, 0) is 24.3 Å². The predicted octanol–water partition coefficient (Wildman–Crippen LogP) is 0.0996. The maximum Gasteiger partial charge on any atom is 0.328 e. The van der Waals surface area contributed by atoms with E-state index in [-0.39, 0.29) is 18.5 Å². The average molecular weight is 342 g/mol. The molecule has 2 heterocycles. The maximum atomic E-state index is 12.1. The number of hydrogen-bond donors (Lipinski definition) is 2. The first-order chi connectivity index (χ1) is 12.0. The lowest BCUT2D eigenvalue weighted by atomic mass is 9.99. The molecule has 0 fully saturated rings. The zero-order valence-electron chi connectivity index (χ0n) is 14.2. The van der Waals surface area contributed by atoms with E-state index in [9.17, 15) is 14.4 Å². The Balaban J connectivity index is 1.52. The van der Waals surface area contributed by atoms with E-state index in [0.29, 0.717) is 6.54 Å². The van der Waals surface area contributed by atoms with Crippen LogP contribution in [0.25, 0.3) is 0 Å². The van der Waals surface area contributed by atoms with E-state index in [4.69, 9.17) is 0 Å². The Morgan fingerprint density at radius 3 is 2.76 bits per heavy atom. The molecule has 1 atom stereocenters. The van der Waals surface area contributed by atoms with Gasteiger partial charge in [-0.1, -0.05) is 24.3 Å². The fourth-order valence-electron chi connectivity index (χ4n) is 3.06. The van der Waals surface area contributed by atoms with Crippen molar-refractivity contribution in [3.05, 3.63) is 68.5 Å². The van der Waals surface area contributed by atoms with Crippen molar-refractivity contribution in [2.75, 3.05) is 13.1 Å². The van der Waals surface area contributed by atoms with Gasteiger partial charge in [0.25, 0.3) is 5.56 Å². The average Bonchev–Trinajstić information content (AvgIpc) is 2.61. The summed E-state index contributed by atoms with van der Waals surface area (Å²) in [6.07, 6.45) is 2.34. The van der Waals surface area contributed by atoms with Crippen LogP contribution < -0.4 is 16.6 Å². The van der Waals surface area contributed by atoms with Gasteiger partial charge in [0.2, 0.25) is 5.91 Å². The lowest BCUT2D eigenvalue weighted by molar-refractivity contribution is -0.122. The van der Waals surface area contributed by atoms with Crippen LogP contribution >= 0.6 is 0 Å². The van der Waals surface area contributed by atoms with Gasteiger partial charge in [-0.25, -0.2) is 4.79 Å². The van der Waals surface area contributed by atoms with E-state index >= 15 is 0 Å².